The first-order valence-corrected chi connectivity index (χ1v) is 14.3. The molecule has 3 aliphatic rings. The Morgan fingerprint density at radius 1 is 1.07 bits per heavy atom. The number of ether oxygens (including phenoxy) is 3. The second kappa shape index (κ2) is 12.6. The highest BCUT2D eigenvalue weighted by Crippen LogP contribution is 2.29. The molecule has 13 heteroatoms. The van der Waals surface area contributed by atoms with Crippen molar-refractivity contribution in [1.82, 2.24) is 24.4 Å². The van der Waals surface area contributed by atoms with Gasteiger partial charge in [-0.3, -0.25) is 9.36 Å². The number of rotatable bonds is 9. The van der Waals surface area contributed by atoms with Crippen LogP contribution in [0.4, 0.5) is 20.5 Å². The van der Waals surface area contributed by atoms with E-state index in [0.29, 0.717) is 74.6 Å². The topological polar surface area (TPSA) is 107 Å². The molecule has 41 heavy (non-hydrogen) atoms. The smallest absolute Gasteiger partial charge is 0.296 e. The Labute approximate surface area is 236 Å². The van der Waals surface area contributed by atoms with Gasteiger partial charge in [0, 0.05) is 44.9 Å². The fourth-order valence-electron chi connectivity index (χ4n) is 5.57. The predicted octanol–water partition coefficient (Wildman–Crippen LogP) is 3.19. The average Bonchev–Trinajstić information content (AvgIpc) is 3.63. The van der Waals surface area contributed by atoms with Gasteiger partial charge in [0.05, 0.1) is 37.0 Å². The van der Waals surface area contributed by atoms with Crippen molar-refractivity contribution in [3.05, 3.63) is 36.2 Å². The van der Waals surface area contributed by atoms with E-state index in [4.69, 9.17) is 24.2 Å². The van der Waals surface area contributed by atoms with Crippen LogP contribution in [-0.2, 0) is 19.0 Å². The van der Waals surface area contributed by atoms with Gasteiger partial charge in [-0.05, 0) is 37.8 Å². The molecule has 11 nitrogen and oxygen atoms in total. The molecule has 0 spiro atoms. The van der Waals surface area contributed by atoms with Gasteiger partial charge in [0.25, 0.3) is 6.43 Å². The van der Waals surface area contributed by atoms with E-state index in [-0.39, 0.29) is 30.5 Å². The number of imidazole rings is 1. The maximum atomic E-state index is 14.1. The molecule has 2 atom stereocenters. The summed E-state index contributed by atoms with van der Waals surface area (Å²) in [4.78, 5) is 30.2. The number of morpholine rings is 1. The normalized spacial score (nSPS) is 21.6. The lowest BCUT2D eigenvalue weighted by Crippen LogP contribution is -2.38. The summed E-state index contributed by atoms with van der Waals surface area (Å²) in [5.74, 6) is 0.793. The van der Waals surface area contributed by atoms with E-state index < -0.39 is 6.43 Å². The number of carbonyl (C=O) groups is 1. The summed E-state index contributed by atoms with van der Waals surface area (Å²) in [7, 11) is 0. The first-order valence-electron chi connectivity index (χ1n) is 14.3. The molecule has 1 unspecified atom stereocenters. The van der Waals surface area contributed by atoms with Gasteiger partial charge in [-0.15, -0.1) is 0 Å². The van der Waals surface area contributed by atoms with Crippen molar-refractivity contribution >= 4 is 28.7 Å². The number of benzene rings is 1. The zero-order valence-corrected chi connectivity index (χ0v) is 22.9. The van der Waals surface area contributed by atoms with E-state index in [2.05, 4.69) is 10.3 Å². The second-order valence-corrected chi connectivity index (χ2v) is 10.6. The Morgan fingerprint density at radius 3 is 2.73 bits per heavy atom. The Morgan fingerprint density at radius 2 is 1.93 bits per heavy atom. The van der Waals surface area contributed by atoms with Crippen LogP contribution in [0.3, 0.4) is 0 Å². The lowest BCUT2D eigenvalue weighted by atomic mass is 10.1. The molecular weight excluding hydrogens is 536 g/mol. The lowest BCUT2D eigenvalue weighted by Gasteiger charge is -2.28. The maximum absolute atomic E-state index is 14.1. The highest BCUT2D eigenvalue weighted by molar-refractivity contribution is 5.79. The zero-order chi connectivity index (χ0) is 28.2. The summed E-state index contributed by atoms with van der Waals surface area (Å²) in [6.07, 6.45) is 1.16. The van der Waals surface area contributed by atoms with E-state index in [0.717, 1.165) is 32.3 Å². The number of halogens is 2. The number of alkyl halides is 2. The largest absolute Gasteiger partial charge is 0.378 e. The molecule has 5 heterocycles. The van der Waals surface area contributed by atoms with Crippen LogP contribution in [0.1, 0.15) is 37.9 Å². The molecule has 3 aliphatic heterocycles. The number of hydrogen-bond acceptors (Lipinski definition) is 9. The third-order valence-corrected chi connectivity index (χ3v) is 7.70. The van der Waals surface area contributed by atoms with Crippen molar-refractivity contribution in [3.8, 4) is 5.82 Å². The molecule has 0 radical (unpaired) electrons. The molecule has 3 saturated heterocycles. The lowest BCUT2D eigenvalue weighted by molar-refractivity contribution is -0.137. The van der Waals surface area contributed by atoms with Crippen LogP contribution in [0, 0.1) is 0 Å². The van der Waals surface area contributed by atoms with E-state index in [1.807, 2.05) is 4.90 Å². The fourth-order valence-corrected chi connectivity index (χ4v) is 5.57. The van der Waals surface area contributed by atoms with Gasteiger partial charge in [0.2, 0.25) is 11.9 Å². The second-order valence-electron chi connectivity index (χ2n) is 10.6. The minimum absolute atomic E-state index is 0.0233. The van der Waals surface area contributed by atoms with Crippen LogP contribution in [0.5, 0.6) is 0 Å². The van der Waals surface area contributed by atoms with Gasteiger partial charge in [-0.25, -0.2) is 13.8 Å². The number of aromatic nitrogens is 4. The zero-order valence-electron chi connectivity index (χ0n) is 22.9. The molecule has 220 valence electrons. The van der Waals surface area contributed by atoms with Gasteiger partial charge in [0.1, 0.15) is 18.2 Å². The van der Waals surface area contributed by atoms with Crippen molar-refractivity contribution in [2.45, 2.75) is 44.3 Å². The number of nitrogens with zero attached hydrogens (tertiary/aromatic N) is 6. The van der Waals surface area contributed by atoms with Crippen LogP contribution in [0.2, 0.25) is 0 Å². The van der Waals surface area contributed by atoms with Crippen molar-refractivity contribution in [1.29, 1.82) is 0 Å². The maximum Gasteiger partial charge on any atom is 0.296 e. The SMILES string of the molecule is O=C(COCC1CCCCO1)N1CC[C@H](Nc2cc(-n3c(C(F)F)nc4ccccc43)nc(N3CCOCC3)n2)C1. The highest BCUT2D eigenvalue weighted by atomic mass is 19.3. The summed E-state index contributed by atoms with van der Waals surface area (Å²) >= 11 is 0. The van der Waals surface area contributed by atoms with E-state index in [1.165, 1.54) is 4.57 Å². The van der Waals surface area contributed by atoms with Crippen LogP contribution in [0.15, 0.2) is 30.3 Å². The Hall–Kier alpha value is -3.42. The molecule has 2 aromatic heterocycles. The first kappa shape index (κ1) is 27.7. The molecular formula is C28H35F2N7O4. The van der Waals surface area contributed by atoms with E-state index in [9.17, 15) is 13.6 Å². The fraction of sp³-hybridized carbons (Fsp3) is 0.571. The first-order chi connectivity index (χ1) is 20.0. The van der Waals surface area contributed by atoms with Crippen LogP contribution in [-0.4, -0.2) is 102 Å². The summed E-state index contributed by atoms with van der Waals surface area (Å²) in [5.41, 5.74) is 1.00. The molecule has 1 aromatic carbocycles. The summed E-state index contributed by atoms with van der Waals surface area (Å²) < 4.78 is 46.5. The van der Waals surface area contributed by atoms with Crippen LogP contribution in [0.25, 0.3) is 16.9 Å². The highest BCUT2D eigenvalue weighted by Gasteiger charge is 2.28. The Kier molecular flexibility index (Phi) is 8.54. The third kappa shape index (κ3) is 6.41. The van der Waals surface area contributed by atoms with Crippen molar-refractivity contribution < 1.29 is 27.8 Å². The van der Waals surface area contributed by atoms with Crippen molar-refractivity contribution in [2.24, 2.45) is 0 Å². The molecule has 6 rings (SSSR count). The number of carbonyl (C=O) groups excluding carboxylic acids is 1. The average molecular weight is 572 g/mol. The molecule has 1 amide bonds. The summed E-state index contributed by atoms with van der Waals surface area (Å²) in [6, 6.07) is 8.62. The number of amides is 1. The number of nitrogens with one attached hydrogen (secondary N) is 1. The molecule has 0 aliphatic carbocycles. The predicted molar refractivity (Wildman–Crippen MR) is 148 cm³/mol. The number of anilines is 2. The number of hydrogen-bond donors (Lipinski definition) is 1. The molecule has 0 bridgehead atoms. The van der Waals surface area contributed by atoms with Gasteiger partial charge < -0.3 is 29.3 Å². The minimum Gasteiger partial charge on any atom is -0.378 e. The Balaban J connectivity index is 1.19. The Bertz CT molecular complexity index is 1340. The number of para-hydroxylation sites is 2. The van der Waals surface area contributed by atoms with Gasteiger partial charge in [-0.1, -0.05) is 12.1 Å². The number of fused-ring (bicyclic) bond motifs is 1. The molecule has 1 N–H and O–H groups in total. The number of likely N-dealkylation sites (tertiary alicyclic amines) is 1. The molecule has 0 saturated carbocycles. The van der Waals surface area contributed by atoms with Gasteiger partial charge >= 0.3 is 0 Å². The molecule has 3 aromatic rings. The third-order valence-electron chi connectivity index (χ3n) is 7.70. The summed E-state index contributed by atoms with van der Waals surface area (Å²) in [5, 5.41) is 3.43. The van der Waals surface area contributed by atoms with E-state index in [1.54, 1.807) is 35.2 Å². The van der Waals surface area contributed by atoms with Gasteiger partial charge in [0.15, 0.2) is 5.82 Å². The minimum atomic E-state index is -2.79. The van der Waals surface area contributed by atoms with Crippen LogP contribution >= 0.6 is 0 Å². The van der Waals surface area contributed by atoms with Crippen molar-refractivity contribution in [3.63, 3.8) is 0 Å². The van der Waals surface area contributed by atoms with Gasteiger partial charge in [-0.2, -0.15) is 9.97 Å². The quantitative estimate of drug-likeness (QED) is 0.415. The van der Waals surface area contributed by atoms with Crippen LogP contribution < -0.4 is 10.2 Å². The molecule has 3 fully saturated rings. The standard InChI is InChI=1S/C28H35F2N7O4/c29-26(30)27-32-21-6-1-2-7-22(21)37(27)24-15-23(33-28(34-24)35-10-13-39-14-11-35)31-19-8-9-36(16-19)25(38)18-40-17-20-5-3-4-12-41-20/h1-2,6-7,15,19-20,26H,3-5,8-14,16-18H2,(H,31,33,34)/t19-,20?/m0/s1. The summed E-state index contributed by atoms with van der Waals surface area (Å²) in [6.45, 7) is 4.52. The van der Waals surface area contributed by atoms with E-state index >= 15 is 0 Å². The van der Waals surface area contributed by atoms with Crippen molar-refractivity contribution in [2.75, 3.05) is 69.4 Å². The monoisotopic (exact) mass is 571 g/mol.